The Kier molecular flexibility index (Phi) is 3.64. The molecule has 1 aromatic rings. The van der Waals surface area contributed by atoms with Gasteiger partial charge in [0, 0.05) is 25.4 Å². The summed E-state index contributed by atoms with van der Waals surface area (Å²) in [4.78, 5) is 10.9. The monoisotopic (exact) mass is 196 g/mol. The van der Waals surface area contributed by atoms with E-state index in [0.29, 0.717) is 6.54 Å². The number of aromatic nitrogens is 2. The number of carbonyl (C=O) groups is 1. The second kappa shape index (κ2) is 4.76. The first-order chi connectivity index (χ1) is 6.67. The number of amides is 1. The smallest absolute Gasteiger partial charge is 0.234 e. The van der Waals surface area contributed by atoms with Crippen LogP contribution in [0.5, 0.6) is 0 Å². The van der Waals surface area contributed by atoms with Crippen LogP contribution >= 0.6 is 0 Å². The number of aryl methyl sites for hydroxylation is 2. The van der Waals surface area contributed by atoms with E-state index in [2.05, 4.69) is 10.4 Å². The van der Waals surface area contributed by atoms with Crippen LogP contribution in [0.15, 0.2) is 6.20 Å². The summed E-state index contributed by atoms with van der Waals surface area (Å²) in [5.74, 6) is -0.143. The molecule has 0 bridgehead atoms. The minimum atomic E-state index is -0.143. The Hall–Kier alpha value is -1.36. The summed E-state index contributed by atoms with van der Waals surface area (Å²) in [6, 6.07) is 0. The summed E-state index contributed by atoms with van der Waals surface area (Å²) >= 11 is 0. The van der Waals surface area contributed by atoms with E-state index in [1.807, 2.05) is 20.2 Å². The number of nitrogens with two attached hydrogens (primary N) is 1. The summed E-state index contributed by atoms with van der Waals surface area (Å²) in [5, 5.41) is 6.99. The predicted molar refractivity (Wildman–Crippen MR) is 53.5 cm³/mol. The molecular formula is C9H16N4O. The molecule has 1 amide bonds. The summed E-state index contributed by atoms with van der Waals surface area (Å²) in [6.45, 7) is 2.57. The summed E-state index contributed by atoms with van der Waals surface area (Å²) in [6.07, 6.45) is 2.78. The zero-order chi connectivity index (χ0) is 10.6. The van der Waals surface area contributed by atoms with Gasteiger partial charge in [-0.1, -0.05) is 6.92 Å². The van der Waals surface area contributed by atoms with E-state index in [9.17, 15) is 4.79 Å². The Labute approximate surface area is 83.3 Å². The largest absolute Gasteiger partial charge is 0.351 e. The van der Waals surface area contributed by atoms with Crippen LogP contribution < -0.4 is 11.1 Å². The third-order valence-corrected chi connectivity index (χ3v) is 1.99. The van der Waals surface area contributed by atoms with Gasteiger partial charge in [0.15, 0.2) is 0 Å². The van der Waals surface area contributed by atoms with Gasteiger partial charge in [0.05, 0.1) is 12.2 Å². The summed E-state index contributed by atoms with van der Waals surface area (Å²) < 4.78 is 1.75. The fourth-order valence-corrected chi connectivity index (χ4v) is 1.29. The molecular weight excluding hydrogens is 180 g/mol. The van der Waals surface area contributed by atoms with E-state index >= 15 is 0 Å². The van der Waals surface area contributed by atoms with Crippen molar-refractivity contribution >= 4 is 5.91 Å². The average Bonchev–Trinajstić information content (AvgIpc) is 2.55. The average molecular weight is 196 g/mol. The highest BCUT2D eigenvalue weighted by atomic mass is 16.1. The minimum Gasteiger partial charge on any atom is -0.351 e. The van der Waals surface area contributed by atoms with Crippen LogP contribution in [0.3, 0.4) is 0 Å². The highest BCUT2D eigenvalue weighted by Gasteiger charge is 2.06. The number of nitrogens with one attached hydrogen (secondary N) is 1. The molecule has 0 saturated heterocycles. The lowest BCUT2D eigenvalue weighted by atomic mass is 10.2. The molecule has 5 heteroatoms. The van der Waals surface area contributed by atoms with Gasteiger partial charge in [-0.3, -0.25) is 9.48 Å². The predicted octanol–water partition coefficient (Wildman–Crippen LogP) is -0.443. The molecule has 0 aromatic carbocycles. The number of carbonyl (C=O) groups excluding carboxylic acids is 1. The van der Waals surface area contributed by atoms with Crippen molar-refractivity contribution in [3.63, 3.8) is 0 Å². The molecule has 0 radical (unpaired) electrons. The zero-order valence-corrected chi connectivity index (χ0v) is 8.58. The molecule has 1 heterocycles. The van der Waals surface area contributed by atoms with Crippen molar-refractivity contribution < 1.29 is 4.79 Å². The third kappa shape index (κ3) is 2.56. The molecule has 0 fully saturated rings. The molecule has 0 unspecified atom stereocenters. The Morgan fingerprint density at radius 2 is 2.43 bits per heavy atom. The second-order valence-corrected chi connectivity index (χ2v) is 3.11. The van der Waals surface area contributed by atoms with Crippen LogP contribution in [0.25, 0.3) is 0 Å². The number of hydrogen-bond donors (Lipinski definition) is 2. The maximum atomic E-state index is 10.9. The van der Waals surface area contributed by atoms with Crippen LogP contribution in [0.2, 0.25) is 0 Å². The van der Waals surface area contributed by atoms with E-state index in [0.717, 1.165) is 17.7 Å². The van der Waals surface area contributed by atoms with Crippen molar-refractivity contribution in [1.82, 2.24) is 15.1 Å². The molecule has 0 aliphatic heterocycles. The van der Waals surface area contributed by atoms with Gasteiger partial charge in [0.25, 0.3) is 0 Å². The molecule has 78 valence electrons. The lowest BCUT2D eigenvalue weighted by Gasteiger charge is -2.01. The van der Waals surface area contributed by atoms with Gasteiger partial charge >= 0.3 is 0 Å². The molecule has 0 aliphatic carbocycles. The van der Waals surface area contributed by atoms with Crippen LogP contribution in [-0.4, -0.2) is 22.2 Å². The van der Waals surface area contributed by atoms with Gasteiger partial charge in [-0.2, -0.15) is 5.10 Å². The Balaban J connectivity index is 2.61. The Morgan fingerprint density at radius 3 is 3.00 bits per heavy atom. The first-order valence-corrected chi connectivity index (χ1v) is 4.65. The highest BCUT2D eigenvalue weighted by Crippen LogP contribution is 2.06. The fourth-order valence-electron chi connectivity index (χ4n) is 1.29. The van der Waals surface area contributed by atoms with Gasteiger partial charge in [-0.15, -0.1) is 0 Å². The van der Waals surface area contributed by atoms with Crippen molar-refractivity contribution in [3.8, 4) is 0 Å². The minimum absolute atomic E-state index is 0.0295. The summed E-state index contributed by atoms with van der Waals surface area (Å²) in [7, 11) is 1.87. The van der Waals surface area contributed by atoms with E-state index in [-0.39, 0.29) is 12.5 Å². The van der Waals surface area contributed by atoms with Gasteiger partial charge in [-0.25, -0.2) is 0 Å². The third-order valence-electron chi connectivity index (χ3n) is 1.99. The summed E-state index contributed by atoms with van der Waals surface area (Å²) in [5.41, 5.74) is 7.25. The zero-order valence-electron chi connectivity index (χ0n) is 8.58. The Morgan fingerprint density at radius 1 is 1.71 bits per heavy atom. The van der Waals surface area contributed by atoms with Crippen LogP contribution in [-0.2, 0) is 24.8 Å². The molecule has 1 aromatic heterocycles. The number of rotatable bonds is 4. The standard InChI is InChI=1S/C9H16N4O/c1-3-8-7(6-13(2)12-8)5-11-9(14)4-10/h6H,3-5,10H2,1-2H3,(H,11,14). The van der Waals surface area contributed by atoms with Crippen molar-refractivity contribution in [3.05, 3.63) is 17.5 Å². The molecule has 5 nitrogen and oxygen atoms in total. The van der Waals surface area contributed by atoms with Crippen molar-refractivity contribution in [2.24, 2.45) is 12.8 Å². The fraction of sp³-hybridized carbons (Fsp3) is 0.556. The number of nitrogens with zero attached hydrogens (tertiary/aromatic N) is 2. The van der Waals surface area contributed by atoms with E-state index in [1.165, 1.54) is 0 Å². The molecule has 0 atom stereocenters. The van der Waals surface area contributed by atoms with E-state index < -0.39 is 0 Å². The van der Waals surface area contributed by atoms with Crippen molar-refractivity contribution in [2.45, 2.75) is 19.9 Å². The molecule has 14 heavy (non-hydrogen) atoms. The van der Waals surface area contributed by atoms with Gasteiger partial charge in [-0.05, 0) is 6.42 Å². The second-order valence-electron chi connectivity index (χ2n) is 3.11. The Bertz CT molecular complexity index is 319. The maximum Gasteiger partial charge on any atom is 0.234 e. The molecule has 1 rings (SSSR count). The van der Waals surface area contributed by atoms with Crippen molar-refractivity contribution in [1.29, 1.82) is 0 Å². The lowest BCUT2D eigenvalue weighted by molar-refractivity contribution is -0.119. The highest BCUT2D eigenvalue weighted by molar-refractivity contribution is 5.77. The first kappa shape index (κ1) is 10.7. The van der Waals surface area contributed by atoms with Gasteiger partial charge < -0.3 is 11.1 Å². The molecule has 0 aliphatic rings. The topological polar surface area (TPSA) is 72.9 Å². The van der Waals surface area contributed by atoms with E-state index in [4.69, 9.17) is 5.73 Å². The molecule has 3 N–H and O–H groups in total. The normalized spacial score (nSPS) is 10.2. The van der Waals surface area contributed by atoms with Gasteiger partial charge in [0.1, 0.15) is 0 Å². The van der Waals surface area contributed by atoms with Crippen LogP contribution in [0, 0.1) is 0 Å². The molecule has 0 saturated carbocycles. The first-order valence-electron chi connectivity index (χ1n) is 4.65. The quantitative estimate of drug-likeness (QED) is 0.685. The van der Waals surface area contributed by atoms with Crippen LogP contribution in [0.1, 0.15) is 18.2 Å². The maximum absolute atomic E-state index is 10.9. The SMILES string of the molecule is CCc1nn(C)cc1CNC(=O)CN. The lowest BCUT2D eigenvalue weighted by Crippen LogP contribution is -2.29. The van der Waals surface area contributed by atoms with Crippen LogP contribution in [0.4, 0.5) is 0 Å². The number of hydrogen-bond acceptors (Lipinski definition) is 3. The molecule has 0 spiro atoms. The van der Waals surface area contributed by atoms with E-state index in [1.54, 1.807) is 4.68 Å². The van der Waals surface area contributed by atoms with Crippen molar-refractivity contribution in [2.75, 3.05) is 6.54 Å². The van der Waals surface area contributed by atoms with Gasteiger partial charge in [0.2, 0.25) is 5.91 Å².